The Morgan fingerprint density at radius 3 is 2.70 bits per heavy atom. The average Bonchev–Trinajstić information content (AvgIpc) is 2.94. The zero-order chi connectivity index (χ0) is 18.4. The quantitative estimate of drug-likeness (QED) is 0.638. The minimum Gasteiger partial charge on any atom is -0.497 e. The summed E-state index contributed by atoms with van der Waals surface area (Å²) in [6.07, 6.45) is 1.32. The molecule has 0 N–H and O–H groups in total. The van der Waals surface area contributed by atoms with Crippen molar-refractivity contribution in [3.63, 3.8) is 0 Å². The topological polar surface area (TPSA) is 26.6 Å². The number of rotatable bonds is 5. The lowest BCUT2D eigenvalue weighted by Gasteiger charge is -2.37. The largest absolute Gasteiger partial charge is 0.497 e. The Balaban J connectivity index is 1.65. The Bertz CT molecular complexity index is 979. The van der Waals surface area contributed by atoms with E-state index in [2.05, 4.69) is 52.8 Å². The number of ether oxygens (including phenoxy) is 2. The molecule has 2 aliphatic rings. The van der Waals surface area contributed by atoms with Crippen molar-refractivity contribution in [2.45, 2.75) is 29.2 Å². The average molecular weight is 381 g/mol. The van der Waals surface area contributed by atoms with E-state index in [1.165, 1.54) is 45.9 Å². The zero-order valence-electron chi connectivity index (χ0n) is 15.8. The Hall–Kier alpha value is -2.11. The SMILES string of the molecule is COc1cc2c3c(c1)c(Sc1ccccc1)c(C)n3C(CN1CCC1)CO2. The van der Waals surface area contributed by atoms with Crippen LogP contribution in [0.1, 0.15) is 18.2 Å². The van der Waals surface area contributed by atoms with Gasteiger partial charge in [-0.2, -0.15) is 0 Å². The third-order valence-electron chi connectivity index (χ3n) is 5.64. The molecule has 27 heavy (non-hydrogen) atoms. The molecule has 5 heteroatoms. The number of aromatic nitrogens is 1. The van der Waals surface area contributed by atoms with Crippen LogP contribution in [0.4, 0.5) is 0 Å². The van der Waals surface area contributed by atoms with Crippen LogP contribution in [0.25, 0.3) is 10.9 Å². The molecule has 140 valence electrons. The summed E-state index contributed by atoms with van der Waals surface area (Å²) in [5.41, 5.74) is 2.53. The highest BCUT2D eigenvalue weighted by molar-refractivity contribution is 7.99. The minimum atomic E-state index is 0.360. The smallest absolute Gasteiger partial charge is 0.147 e. The molecule has 3 heterocycles. The maximum absolute atomic E-state index is 6.20. The van der Waals surface area contributed by atoms with Gasteiger partial charge in [0.25, 0.3) is 0 Å². The summed E-state index contributed by atoms with van der Waals surface area (Å²) >= 11 is 1.83. The molecule has 2 aromatic carbocycles. The Morgan fingerprint density at radius 2 is 2.00 bits per heavy atom. The highest BCUT2D eigenvalue weighted by atomic mass is 32.2. The van der Waals surface area contributed by atoms with Crippen molar-refractivity contribution in [2.24, 2.45) is 0 Å². The van der Waals surface area contributed by atoms with E-state index in [9.17, 15) is 0 Å². The van der Waals surface area contributed by atoms with Crippen molar-refractivity contribution in [3.05, 3.63) is 48.2 Å². The maximum atomic E-state index is 6.20. The van der Waals surface area contributed by atoms with Crippen molar-refractivity contribution in [2.75, 3.05) is 33.4 Å². The molecular weight excluding hydrogens is 356 g/mol. The van der Waals surface area contributed by atoms with E-state index in [0.29, 0.717) is 6.04 Å². The van der Waals surface area contributed by atoms with E-state index < -0.39 is 0 Å². The van der Waals surface area contributed by atoms with Gasteiger partial charge in [0, 0.05) is 33.5 Å². The van der Waals surface area contributed by atoms with Crippen LogP contribution in [0.15, 0.2) is 52.3 Å². The monoisotopic (exact) mass is 380 g/mol. The van der Waals surface area contributed by atoms with Crippen molar-refractivity contribution in [1.82, 2.24) is 9.47 Å². The Morgan fingerprint density at radius 1 is 1.19 bits per heavy atom. The summed E-state index contributed by atoms with van der Waals surface area (Å²) < 4.78 is 14.3. The van der Waals surface area contributed by atoms with E-state index in [4.69, 9.17) is 9.47 Å². The fourth-order valence-electron chi connectivity index (χ4n) is 4.15. The molecule has 3 aromatic rings. The van der Waals surface area contributed by atoms with Gasteiger partial charge in [0.05, 0.1) is 18.7 Å². The predicted octanol–water partition coefficient (Wildman–Crippen LogP) is 4.75. The second-order valence-electron chi connectivity index (χ2n) is 7.34. The summed E-state index contributed by atoms with van der Waals surface area (Å²) in [6.45, 7) is 6.44. The van der Waals surface area contributed by atoms with E-state index in [1.54, 1.807) is 7.11 Å². The second-order valence-corrected chi connectivity index (χ2v) is 8.42. The fourth-order valence-corrected chi connectivity index (χ4v) is 5.19. The van der Waals surface area contributed by atoms with Gasteiger partial charge in [0.1, 0.15) is 18.1 Å². The van der Waals surface area contributed by atoms with Gasteiger partial charge in [-0.3, -0.25) is 0 Å². The first-order chi connectivity index (χ1) is 13.2. The number of benzene rings is 2. The van der Waals surface area contributed by atoms with E-state index in [0.717, 1.165) is 24.7 Å². The van der Waals surface area contributed by atoms with Gasteiger partial charge in [0.15, 0.2) is 0 Å². The summed E-state index contributed by atoms with van der Waals surface area (Å²) in [5.74, 6) is 1.79. The number of likely N-dealkylation sites (tertiary alicyclic amines) is 1. The molecule has 0 amide bonds. The molecule has 1 atom stereocenters. The summed E-state index contributed by atoms with van der Waals surface area (Å²) in [5, 5.41) is 1.23. The highest BCUT2D eigenvalue weighted by Crippen LogP contribution is 2.46. The van der Waals surface area contributed by atoms with Gasteiger partial charge >= 0.3 is 0 Å². The third kappa shape index (κ3) is 2.89. The fraction of sp³-hybridized carbons (Fsp3) is 0.364. The lowest BCUT2D eigenvalue weighted by molar-refractivity contribution is 0.123. The van der Waals surface area contributed by atoms with Gasteiger partial charge in [-0.1, -0.05) is 30.0 Å². The Labute approximate surface area is 164 Å². The Kier molecular flexibility index (Phi) is 4.29. The first kappa shape index (κ1) is 17.0. The number of hydrogen-bond acceptors (Lipinski definition) is 4. The molecule has 0 aliphatic carbocycles. The van der Waals surface area contributed by atoms with Crippen LogP contribution < -0.4 is 9.47 Å². The van der Waals surface area contributed by atoms with Gasteiger partial charge in [-0.15, -0.1) is 0 Å². The molecule has 2 aliphatic heterocycles. The third-order valence-corrected chi connectivity index (χ3v) is 6.86. The van der Waals surface area contributed by atoms with Crippen LogP contribution in [-0.2, 0) is 0 Å². The molecule has 1 unspecified atom stereocenters. The highest BCUT2D eigenvalue weighted by Gasteiger charge is 2.31. The maximum Gasteiger partial charge on any atom is 0.147 e. The number of methoxy groups -OCH3 is 1. The molecule has 0 radical (unpaired) electrons. The van der Waals surface area contributed by atoms with Gasteiger partial charge in [-0.05, 0) is 44.6 Å². The molecular formula is C22H24N2O2S. The first-order valence-electron chi connectivity index (χ1n) is 9.55. The number of hydrogen-bond donors (Lipinski definition) is 0. The van der Waals surface area contributed by atoms with E-state index >= 15 is 0 Å². The van der Waals surface area contributed by atoms with Crippen molar-refractivity contribution in [3.8, 4) is 11.5 Å². The van der Waals surface area contributed by atoms with Gasteiger partial charge in [-0.25, -0.2) is 0 Å². The van der Waals surface area contributed by atoms with Crippen molar-refractivity contribution >= 4 is 22.7 Å². The molecule has 4 nitrogen and oxygen atoms in total. The molecule has 0 bridgehead atoms. The van der Waals surface area contributed by atoms with Crippen molar-refractivity contribution < 1.29 is 9.47 Å². The molecule has 1 aromatic heterocycles. The van der Waals surface area contributed by atoms with E-state index in [1.807, 2.05) is 17.8 Å². The van der Waals surface area contributed by atoms with Crippen LogP contribution in [0, 0.1) is 6.92 Å². The standard InChI is InChI=1S/C22H24N2O2S/c1-15-22(27-18-7-4-3-5-8-18)19-11-17(25-2)12-20-21(19)24(15)16(14-26-20)13-23-9-6-10-23/h3-5,7-8,11-12,16H,6,9-10,13-14H2,1-2H3. The summed E-state index contributed by atoms with van der Waals surface area (Å²) in [6, 6.07) is 15.1. The lowest BCUT2D eigenvalue weighted by Crippen LogP contribution is -2.43. The zero-order valence-corrected chi connectivity index (χ0v) is 16.6. The molecule has 0 spiro atoms. The molecule has 0 saturated carbocycles. The minimum absolute atomic E-state index is 0.360. The van der Waals surface area contributed by atoms with Crippen LogP contribution >= 0.6 is 11.8 Å². The molecule has 1 saturated heterocycles. The molecule has 5 rings (SSSR count). The van der Waals surface area contributed by atoms with Crippen LogP contribution in [0.3, 0.4) is 0 Å². The summed E-state index contributed by atoms with van der Waals surface area (Å²) in [7, 11) is 1.72. The van der Waals surface area contributed by atoms with Gasteiger partial charge in [0.2, 0.25) is 0 Å². The first-order valence-corrected chi connectivity index (χ1v) is 10.4. The van der Waals surface area contributed by atoms with Crippen molar-refractivity contribution in [1.29, 1.82) is 0 Å². The lowest BCUT2D eigenvalue weighted by atomic mass is 10.1. The van der Waals surface area contributed by atoms with Crippen LogP contribution in [0.5, 0.6) is 11.5 Å². The predicted molar refractivity (Wildman–Crippen MR) is 109 cm³/mol. The summed E-state index contributed by atoms with van der Waals surface area (Å²) in [4.78, 5) is 5.08. The van der Waals surface area contributed by atoms with Gasteiger partial charge < -0.3 is 18.9 Å². The van der Waals surface area contributed by atoms with E-state index in [-0.39, 0.29) is 0 Å². The second kappa shape index (κ2) is 6.80. The molecule has 1 fully saturated rings. The van der Waals surface area contributed by atoms with Crippen LogP contribution in [0.2, 0.25) is 0 Å². The normalized spacial score (nSPS) is 19.0. The number of nitrogens with zero attached hydrogens (tertiary/aromatic N) is 2. The van der Waals surface area contributed by atoms with Crippen LogP contribution in [-0.4, -0.2) is 42.8 Å².